The number of piperidine rings is 1. The quantitative estimate of drug-likeness (QED) is 0.701. The summed E-state index contributed by atoms with van der Waals surface area (Å²) < 4.78 is 16.5. The molecular weight excluding hydrogens is 344 g/mol. The van der Waals surface area contributed by atoms with E-state index in [4.69, 9.17) is 13.9 Å². The van der Waals surface area contributed by atoms with Crippen molar-refractivity contribution >= 4 is 17.0 Å². The average Bonchev–Trinajstić information content (AvgIpc) is 3.17. The molecule has 0 N–H and O–H groups in total. The van der Waals surface area contributed by atoms with Gasteiger partial charge in [-0.25, -0.2) is 4.98 Å². The van der Waals surface area contributed by atoms with Crippen LogP contribution < -0.4 is 9.47 Å². The van der Waals surface area contributed by atoms with Crippen molar-refractivity contribution in [2.75, 3.05) is 27.3 Å². The molecule has 1 amide bonds. The summed E-state index contributed by atoms with van der Waals surface area (Å²) in [4.78, 5) is 19.4. The minimum atomic E-state index is -0.0227. The Morgan fingerprint density at radius 1 is 1.11 bits per heavy atom. The zero-order chi connectivity index (χ0) is 18.8. The maximum absolute atomic E-state index is 12.9. The van der Waals surface area contributed by atoms with Gasteiger partial charge >= 0.3 is 0 Å². The Balaban J connectivity index is 1.46. The van der Waals surface area contributed by atoms with Crippen LogP contribution in [0.3, 0.4) is 0 Å². The maximum atomic E-state index is 12.9. The zero-order valence-electron chi connectivity index (χ0n) is 15.5. The number of carbonyl (C=O) groups excluding carboxylic acids is 1. The summed E-state index contributed by atoms with van der Waals surface area (Å²) in [6.45, 7) is 1.33. The van der Waals surface area contributed by atoms with E-state index < -0.39 is 0 Å². The van der Waals surface area contributed by atoms with Crippen LogP contribution in [0.25, 0.3) is 11.1 Å². The molecule has 2 heterocycles. The van der Waals surface area contributed by atoms with Crippen molar-refractivity contribution in [3.05, 3.63) is 53.9 Å². The van der Waals surface area contributed by atoms with Crippen LogP contribution in [0.15, 0.2) is 46.9 Å². The van der Waals surface area contributed by atoms with Crippen molar-refractivity contribution in [2.24, 2.45) is 0 Å². The van der Waals surface area contributed by atoms with E-state index in [1.54, 1.807) is 32.4 Å². The molecule has 1 aliphatic rings. The third kappa shape index (κ3) is 3.35. The van der Waals surface area contributed by atoms with Crippen LogP contribution in [0.1, 0.15) is 35.0 Å². The predicted molar refractivity (Wildman–Crippen MR) is 101 cm³/mol. The number of nitrogens with zero attached hydrogens (tertiary/aromatic N) is 2. The summed E-state index contributed by atoms with van der Waals surface area (Å²) in [5, 5.41) is 0. The minimum absolute atomic E-state index is 0.0227. The highest BCUT2D eigenvalue weighted by atomic mass is 16.5. The summed E-state index contributed by atoms with van der Waals surface area (Å²) >= 11 is 0. The number of ether oxygens (including phenoxy) is 2. The van der Waals surface area contributed by atoms with Crippen molar-refractivity contribution < 1.29 is 18.7 Å². The molecule has 1 fully saturated rings. The molecule has 6 heteroatoms. The van der Waals surface area contributed by atoms with Crippen LogP contribution in [0, 0.1) is 0 Å². The smallest absolute Gasteiger partial charge is 0.257 e. The lowest BCUT2D eigenvalue weighted by Gasteiger charge is -2.31. The third-order valence-corrected chi connectivity index (χ3v) is 5.08. The SMILES string of the molecule is COc1ccc(C(=O)N2CCC(c3nc4ccccc4o3)CC2)c(OC)c1. The van der Waals surface area contributed by atoms with E-state index in [0.29, 0.717) is 30.2 Å². The number of hydrogen-bond donors (Lipinski definition) is 0. The van der Waals surface area contributed by atoms with Gasteiger partial charge in [0.05, 0.1) is 19.8 Å². The molecule has 1 aliphatic heterocycles. The third-order valence-electron chi connectivity index (χ3n) is 5.08. The monoisotopic (exact) mass is 366 g/mol. The second kappa shape index (κ2) is 7.31. The average molecular weight is 366 g/mol. The van der Waals surface area contributed by atoms with Gasteiger partial charge in [0.2, 0.25) is 0 Å². The van der Waals surface area contributed by atoms with E-state index >= 15 is 0 Å². The minimum Gasteiger partial charge on any atom is -0.497 e. The van der Waals surface area contributed by atoms with Gasteiger partial charge in [-0.05, 0) is 37.1 Å². The number of fused-ring (bicyclic) bond motifs is 1. The van der Waals surface area contributed by atoms with E-state index in [0.717, 1.165) is 29.8 Å². The fourth-order valence-electron chi connectivity index (χ4n) is 3.54. The summed E-state index contributed by atoms with van der Waals surface area (Å²) in [5.74, 6) is 2.17. The first kappa shape index (κ1) is 17.4. The molecule has 0 saturated carbocycles. The van der Waals surface area contributed by atoms with Crippen molar-refractivity contribution in [1.29, 1.82) is 0 Å². The number of hydrogen-bond acceptors (Lipinski definition) is 5. The molecule has 0 radical (unpaired) electrons. The number of aromatic nitrogens is 1. The molecule has 140 valence electrons. The van der Waals surface area contributed by atoms with Crippen molar-refractivity contribution in [3.63, 3.8) is 0 Å². The van der Waals surface area contributed by atoms with Gasteiger partial charge in [0.25, 0.3) is 5.91 Å². The number of carbonyl (C=O) groups is 1. The summed E-state index contributed by atoms with van der Waals surface area (Å²) in [7, 11) is 3.15. The topological polar surface area (TPSA) is 64.8 Å². The second-order valence-electron chi connectivity index (χ2n) is 6.65. The van der Waals surface area contributed by atoms with Gasteiger partial charge in [-0.3, -0.25) is 4.79 Å². The molecule has 0 bridgehead atoms. The number of para-hydroxylation sites is 2. The van der Waals surface area contributed by atoms with Gasteiger partial charge in [0.1, 0.15) is 17.0 Å². The standard InChI is InChI=1S/C21H22N2O4/c1-25-15-7-8-16(19(13-15)26-2)21(24)23-11-9-14(10-12-23)20-22-17-5-3-4-6-18(17)27-20/h3-8,13-14H,9-12H2,1-2H3. The first-order valence-electron chi connectivity index (χ1n) is 9.06. The van der Waals surface area contributed by atoms with E-state index in [1.165, 1.54) is 0 Å². The van der Waals surface area contributed by atoms with Crippen molar-refractivity contribution in [3.8, 4) is 11.5 Å². The Bertz CT molecular complexity index is 925. The molecule has 2 aromatic carbocycles. The van der Waals surface area contributed by atoms with Crippen molar-refractivity contribution in [1.82, 2.24) is 9.88 Å². The molecule has 0 atom stereocenters. The first-order valence-corrected chi connectivity index (χ1v) is 9.06. The molecule has 27 heavy (non-hydrogen) atoms. The Kier molecular flexibility index (Phi) is 4.71. The van der Waals surface area contributed by atoms with Crippen LogP contribution in [0.5, 0.6) is 11.5 Å². The number of amides is 1. The highest BCUT2D eigenvalue weighted by molar-refractivity contribution is 5.97. The fourth-order valence-corrected chi connectivity index (χ4v) is 3.54. The van der Waals surface area contributed by atoms with Crippen LogP contribution in [-0.2, 0) is 0 Å². The normalized spacial score (nSPS) is 15.1. The Labute approximate surface area is 157 Å². The van der Waals surface area contributed by atoms with Crippen LogP contribution in [-0.4, -0.2) is 43.1 Å². The highest BCUT2D eigenvalue weighted by Gasteiger charge is 2.28. The van der Waals surface area contributed by atoms with Gasteiger partial charge in [0.15, 0.2) is 11.5 Å². The molecule has 0 aliphatic carbocycles. The molecule has 1 aromatic heterocycles. The number of likely N-dealkylation sites (tertiary alicyclic amines) is 1. The van der Waals surface area contributed by atoms with Gasteiger partial charge < -0.3 is 18.8 Å². The van der Waals surface area contributed by atoms with Gasteiger partial charge in [-0.2, -0.15) is 0 Å². The molecule has 4 rings (SSSR count). The van der Waals surface area contributed by atoms with E-state index in [1.807, 2.05) is 29.2 Å². The summed E-state index contributed by atoms with van der Waals surface area (Å²) in [5.41, 5.74) is 2.25. The summed E-state index contributed by atoms with van der Waals surface area (Å²) in [6.07, 6.45) is 1.66. The maximum Gasteiger partial charge on any atom is 0.257 e. The first-order chi connectivity index (χ1) is 13.2. The molecule has 3 aromatic rings. The number of benzene rings is 2. The van der Waals surface area contributed by atoms with E-state index in [2.05, 4.69) is 4.98 Å². The second-order valence-corrected chi connectivity index (χ2v) is 6.65. The molecule has 0 unspecified atom stereocenters. The number of methoxy groups -OCH3 is 2. The molecule has 1 saturated heterocycles. The summed E-state index contributed by atoms with van der Waals surface area (Å²) in [6, 6.07) is 13.1. The van der Waals surface area contributed by atoms with Crippen LogP contribution in [0.2, 0.25) is 0 Å². The molecule has 0 spiro atoms. The number of rotatable bonds is 4. The van der Waals surface area contributed by atoms with Crippen LogP contribution >= 0.6 is 0 Å². The Morgan fingerprint density at radius 2 is 1.89 bits per heavy atom. The fraction of sp³-hybridized carbons (Fsp3) is 0.333. The van der Waals surface area contributed by atoms with Gasteiger partial charge in [-0.15, -0.1) is 0 Å². The lowest BCUT2D eigenvalue weighted by Crippen LogP contribution is -2.38. The zero-order valence-corrected chi connectivity index (χ0v) is 15.5. The Morgan fingerprint density at radius 3 is 2.59 bits per heavy atom. The largest absolute Gasteiger partial charge is 0.497 e. The van der Waals surface area contributed by atoms with E-state index in [-0.39, 0.29) is 11.8 Å². The molecule has 6 nitrogen and oxygen atoms in total. The van der Waals surface area contributed by atoms with Crippen molar-refractivity contribution in [2.45, 2.75) is 18.8 Å². The van der Waals surface area contributed by atoms with Crippen LogP contribution in [0.4, 0.5) is 0 Å². The van der Waals surface area contributed by atoms with E-state index in [9.17, 15) is 4.79 Å². The van der Waals surface area contributed by atoms with Gasteiger partial charge in [0, 0.05) is 25.1 Å². The number of oxazole rings is 1. The van der Waals surface area contributed by atoms with Gasteiger partial charge in [-0.1, -0.05) is 12.1 Å². The highest BCUT2D eigenvalue weighted by Crippen LogP contribution is 2.32. The lowest BCUT2D eigenvalue weighted by molar-refractivity contribution is 0.0703. The predicted octanol–water partition coefficient (Wildman–Crippen LogP) is 3.86. The molecular formula is C21H22N2O4. The lowest BCUT2D eigenvalue weighted by atomic mass is 9.96. The Hall–Kier alpha value is -3.02.